The largest absolute Gasteiger partial charge is 0.339 e. The molecule has 1 amide bonds. The third-order valence-corrected chi connectivity index (χ3v) is 1.61. The highest BCUT2D eigenvalue weighted by atomic mass is 16.2. The van der Waals surface area contributed by atoms with Crippen LogP contribution in [0, 0.1) is 6.92 Å². The number of carbonyl (C=O) groups excluding carboxylic acids is 1. The second-order valence-electron chi connectivity index (χ2n) is 2.56. The van der Waals surface area contributed by atoms with E-state index in [0.29, 0.717) is 12.4 Å². The Balaban J connectivity index is 2.78. The van der Waals surface area contributed by atoms with Crippen molar-refractivity contribution in [1.29, 1.82) is 0 Å². The summed E-state index contributed by atoms with van der Waals surface area (Å²) in [5.74, 6) is 0.738. The lowest BCUT2D eigenvalue weighted by Crippen LogP contribution is -2.27. The van der Waals surface area contributed by atoms with Crippen molar-refractivity contribution in [2.75, 3.05) is 13.6 Å². The lowest BCUT2D eigenvalue weighted by molar-refractivity contribution is 0.0791. The molecule has 1 aromatic heterocycles. The Morgan fingerprint density at radius 3 is 2.75 bits per heavy atom. The molecule has 0 aromatic carbocycles. The summed E-state index contributed by atoms with van der Waals surface area (Å²) >= 11 is 0. The van der Waals surface area contributed by atoms with E-state index in [1.807, 2.05) is 6.92 Å². The van der Waals surface area contributed by atoms with Crippen LogP contribution >= 0.6 is 0 Å². The van der Waals surface area contributed by atoms with Crippen LogP contribution in [0.1, 0.15) is 23.4 Å². The van der Waals surface area contributed by atoms with Crippen molar-refractivity contribution in [3.05, 3.63) is 11.6 Å². The number of aromatic amines is 1. The van der Waals surface area contributed by atoms with E-state index in [9.17, 15) is 4.79 Å². The molecular formula is C7H12N4O. The van der Waals surface area contributed by atoms with Crippen molar-refractivity contribution in [3.8, 4) is 0 Å². The van der Waals surface area contributed by atoms with Gasteiger partial charge in [0, 0.05) is 13.6 Å². The van der Waals surface area contributed by atoms with Gasteiger partial charge in [-0.15, -0.1) is 5.10 Å². The Labute approximate surface area is 70.8 Å². The average Bonchev–Trinajstić information content (AvgIpc) is 2.49. The Kier molecular flexibility index (Phi) is 2.42. The summed E-state index contributed by atoms with van der Waals surface area (Å²) < 4.78 is 0. The molecule has 66 valence electrons. The first kappa shape index (κ1) is 8.70. The lowest BCUT2D eigenvalue weighted by atomic mass is 10.5. The fraction of sp³-hybridized carbons (Fsp3) is 0.571. The topological polar surface area (TPSA) is 61.9 Å². The number of carbonyl (C=O) groups is 1. The summed E-state index contributed by atoms with van der Waals surface area (Å²) in [6, 6.07) is 0. The molecule has 0 saturated heterocycles. The second-order valence-corrected chi connectivity index (χ2v) is 2.56. The van der Waals surface area contributed by atoms with Crippen LogP contribution in [0.4, 0.5) is 0 Å². The highest BCUT2D eigenvalue weighted by molar-refractivity contribution is 5.90. The van der Waals surface area contributed by atoms with Gasteiger partial charge < -0.3 is 4.90 Å². The van der Waals surface area contributed by atoms with E-state index in [1.54, 1.807) is 18.9 Å². The summed E-state index contributed by atoms with van der Waals surface area (Å²) in [6.45, 7) is 4.32. The number of nitrogens with zero attached hydrogens (tertiary/aromatic N) is 3. The first-order valence-corrected chi connectivity index (χ1v) is 3.79. The van der Waals surface area contributed by atoms with Crippen LogP contribution in [0.3, 0.4) is 0 Å². The molecule has 0 atom stereocenters. The number of hydrogen-bond donors (Lipinski definition) is 1. The van der Waals surface area contributed by atoms with Crippen molar-refractivity contribution < 1.29 is 4.79 Å². The fourth-order valence-electron chi connectivity index (χ4n) is 0.753. The maximum atomic E-state index is 11.4. The molecule has 0 fully saturated rings. The monoisotopic (exact) mass is 168 g/mol. The maximum Gasteiger partial charge on any atom is 0.293 e. The van der Waals surface area contributed by atoms with E-state index < -0.39 is 0 Å². The van der Waals surface area contributed by atoms with Crippen LogP contribution in [0.2, 0.25) is 0 Å². The van der Waals surface area contributed by atoms with Crippen molar-refractivity contribution in [3.63, 3.8) is 0 Å². The average molecular weight is 168 g/mol. The van der Waals surface area contributed by atoms with E-state index in [-0.39, 0.29) is 11.7 Å². The van der Waals surface area contributed by atoms with Gasteiger partial charge in [-0.3, -0.25) is 9.89 Å². The molecule has 0 aliphatic heterocycles. The molecule has 0 bridgehead atoms. The number of amides is 1. The molecule has 0 aliphatic rings. The van der Waals surface area contributed by atoms with Crippen molar-refractivity contribution >= 4 is 5.91 Å². The molecule has 0 spiro atoms. The van der Waals surface area contributed by atoms with E-state index >= 15 is 0 Å². The van der Waals surface area contributed by atoms with Gasteiger partial charge in [0.15, 0.2) is 0 Å². The molecule has 5 heteroatoms. The summed E-state index contributed by atoms with van der Waals surface area (Å²) in [7, 11) is 1.72. The zero-order valence-electron chi connectivity index (χ0n) is 7.46. The first-order chi connectivity index (χ1) is 5.65. The molecule has 1 N–H and O–H groups in total. The van der Waals surface area contributed by atoms with Crippen LogP contribution in [-0.4, -0.2) is 39.6 Å². The van der Waals surface area contributed by atoms with Crippen molar-refractivity contribution in [1.82, 2.24) is 20.1 Å². The standard InChI is InChI=1S/C7H12N4O/c1-4-11(3)7(12)6-8-5(2)9-10-6/h4H2,1-3H3,(H,8,9,10). The summed E-state index contributed by atoms with van der Waals surface area (Å²) in [4.78, 5) is 16.8. The van der Waals surface area contributed by atoms with Crippen LogP contribution < -0.4 is 0 Å². The van der Waals surface area contributed by atoms with E-state index in [1.165, 1.54) is 0 Å². The predicted molar refractivity (Wildman–Crippen MR) is 43.8 cm³/mol. The number of nitrogens with one attached hydrogen (secondary N) is 1. The fourth-order valence-corrected chi connectivity index (χ4v) is 0.753. The third-order valence-electron chi connectivity index (χ3n) is 1.61. The zero-order valence-corrected chi connectivity index (χ0v) is 7.46. The van der Waals surface area contributed by atoms with Crippen LogP contribution in [0.5, 0.6) is 0 Å². The number of rotatable bonds is 2. The van der Waals surface area contributed by atoms with Gasteiger partial charge in [0.25, 0.3) is 5.91 Å². The molecule has 0 radical (unpaired) electrons. The molecule has 0 aliphatic carbocycles. The van der Waals surface area contributed by atoms with Crippen LogP contribution in [0.25, 0.3) is 0 Å². The predicted octanol–water partition coefficient (Wildman–Crippen LogP) is 0.205. The quantitative estimate of drug-likeness (QED) is 0.686. The number of H-pyrrole nitrogens is 1. The van der Waals surface area contributed by atoms with Crippen LogP contribution in [-0.2, 0) is 0 Å². The van der Waals surface area contributed by atoms with Gasteiger partial charge in [-0.25, -0.2) is 4.98 Å². The smallest absolute Gasteiger partial charge is 0.293 e. The van der Waals surface area contributed by atoms with Gasteiger partial charge in [0.2, 0.25) is 5.82 Å². The molecule has 1 rings (SSSR count). The van der Waals surface area contributed by atoms with Crippen LogP contribution in [0.15, 0.2) is 0 Å². The molecule has 0 unspecified atom stereocenters. The van der Waals surface area contributed by atoms with E-state index in [0.717, 1.165) is 0 Å². The Morgan fingerprint density at radius 2 is 2.33 bits per heavy atom. The number of hydrogen-bond acceptors (Lipinski definition) is 3. The van der Waals surface area contributed by atoms with Gasteiger partial charge >= 0.3 is 0 Å². The number of aromatic nitrogens is 3. The second kappa shape index (κ2) is 3.34. The minimum absolute atomic E-state index is 0.151. The Hall–Kier alpha value is -1.39. The SMILES string of the molecule is CCN(C)C(=O)c1n[nH]c(C)n1. The first-order valence-electron chi connectivity index (χ1n) is 3.79. The molecule has 1 heterocycles. The summed E-state index contributed by atoms with van der Waals surface area (Å²) in [5.41, 5.74) is 0. The van der Waals surface area contributed by atoms with Crippen molar-refractivity contribution in [2.24, 2.45) is 0 Å². The zero-order chi connectivity index (χ0) is 9.14. The summed E-state index contributed by atoms with van der Waals surface area (Å²) in [6.07, 6.45) is 0. The van der Waals surface area contributed by atoms with Crippen molar-refractivity contribution in [2.45, 2.75) is 13.8 Å². The van der Waals surface area contributed by atoms with Gasteiger partial charge in [-0.1, -0.05) is 0 Å². The highest BCUT2D eigenvalue weighted by Crippen LogP contribution is 1.95. The molecule has 5 nitrogen and oxygen atoms in total. The van der Waals surface area contributed by atoms with Gasteiger partial charge in [-0.2, -0.15) is 0 Å². The maximum absolute atomic E-state index is 11.4. The normalized spacial score (nSPS) is 9.92. The minimum atomic E-state index is -0.151. The minimum Gasteiger partial charge on any atom is -0.339 e. The van der Waals surface area contributed by atoms with E-state index in [4.69, 9.17) is 0 Å². The molecule has 1 aromatic rings. The number of aryl methyl sites for hydroxylation is 1. The Morgan fingerprint density at radius 1 is 1.67 bits per heavy atom. The van der Waals surface area contributed by atoms with Gasteiger partial charge in [0.1, 0.15) is 5.82 Å². The molecular weight excluding hydrogens is 156 g/mol. The summed E-state index contributed by atoms with van der Waals surface area (Å²) in [5, 5.41) is 6.38. The lowest BCUT2D eigenvalue weighted by Gasteiger charge is -2.10. The van der Waals surface area contributed by atoms with Gasteiger partial charge in [-0.05, 0) is 13.8 Å². The molecule has 12 heavy (non-hydrogen) atoms. The van der Waals surface area contributed by atoms with E-state index in [2.05, 4.69) is 15.2 Å². The highest BCUT2D eigenvalue weighted by Gasteiger charge is 2.13. The van der Waals surface area contributed by atoms with Gasteiger partial charge in [0.05, 0.1) is 0 Å². The third kappa shape index (κ3) is 1.61. The Bertz CT molecular complexity index is 281. The molecule has 0 saturated carbocycles.